The van der Waals surface area contributed by atoms with E-state index in [2.05, 4.69) is 10.6 Å². The third-order valence-electron chi connectivity index (χ3n) is 5.40. The van der Waals surface area contributed by atoms with Crippen molar-refractivity contribution in [3.63, 3.8) is 0 Å². The van der Waals surface area contributed by atoms with Crippen molar-refractivity contribution >= 4 is 17.7 Å². The largest absolute Gasteiger partial charge is 0.396 e. The Morgan fingerprint density at radius 3 is 2.41 bits per heavy atom. The number of nitrogens with zero attached hydrogens (tertiary/aromatic N) is 1. The molecule has 0 bridgehead atoms. The topological polar surface area (TPSA) is 98.7 Å². The van der Waals surface area contributed by atoms with E-state index in [1.165, 1.54) is 0 Å². The van der Waals surface area contributed by atoms with Crippen LogP contribution < -0.4 is 10.6 Å². The summed E-state index contributed by atoms with van der Waals surface area (Å²) in [6.07, 6.45) is 5.07. The molecule has 1 aliphatic heterocycles. The maximum atomic E-state index is 13.3. The summed E-state index contributed by atoms with van der Waals surface area (Å²) >= 11 is 0. The van der Waals surface area contributed by atoms with E-state index in [0.717, 1.165) is 0 Å². The Bertz CT molecular complexity index is 611. The van der Waals surface area contributed by atoms with Crippen LogP contribution in [0.25, 0.3) is 0 Å². The average Bonchev–Trinajstić information content (AvgIpc) is 2.85. The zero-order valence-corrected chi connectivity index (χ0v) is 17.0. The molecule has 0 unspecified atom stereocenters. The number of hydrogen-bond donors (Lipinski definition) is 3. The fourth-order valence-electron chi connectivity index (χ4n) is 4.24. The van der Waals surface area contributed by atoms with Crippen molar-refractivity contribution in [1.82, 2.24) is 15.5 Å². The van der Waals surface area contributed by atoms with Gasteiger partial charge in [0.2, 0.25) is 17.7 Å². The van der Waals surface area contributed by atoms with Crippen LogP contribution in [0.5, 0.6) is 0 Å². The number of fused-ring (bicyclic) bond motifs is 1. The molecule has 0 aromatic rings. The Labute approximate surface area is 161 Å². The second kappa shape index (κ2) is 8.42. The van der Waals surface area contributed by atoms with Gasteiger partial charge in [0.25, 0.3) is 0 Å². The quantitative estimate of drug-likeness (QED) is 0.467. The number of unbranched alkanes of at least 4 members (excludes halogenated alkanes) is 1. The maximum Gasteiger partial charge on any atom is 0.243 e. The van der Waals surface area contributed by atoms with Gasteiger partial charge in [-0.1, -0.05) is 19.1 Å². The summed E-state index contributed by atoms with van der Waals surface area (Å²) in [5.41, 5.74) is -0.416. The van der Waals surface area contributed by atoms with Crippen LogP contribution in [0.1, 0.15) is 40.5 Å². The normalized spacial score (nSPS) is 30.2. The summed E-state index contributed by atoms with van der Waals surface area (Å²) < 4.78 is 0. The smallest absolute Gasteiger partial charge is 0.243 e. The number of carbonyl (C=O) groups is 3. The van der Waals surface area contributed by atoms with E-state index in [-0.39, 0.29) is 36.2 Å². The Morgan fingerprint density at radius 2 is 1.85 bits per heavy atom. The van der Waals surface area contributed by atoms with Gasteiger partial charge in [-0.15, -0.1) is 0 Å². The summed E-state index contributed by atoms with van der Waals surface area (Å²) in [4.78, 5) is 40.4. The minimum Gasteiger partial charge on any atom is -0.396 e. The molecule has 152 valence electrons. The zero-order chi connectivity index (χ0) is 20.4. The Hall–Kier alpha value is -1.89. The molecule has 2 aliphatic rings. The number of allylic oxidation sites excluding steroid dienone is 1. The summed E-state index contributed by atoms with van der Waals surface area (Å²) in [6, 6.07) is -0.628. The summed E-state index contributed by atoms with van der Waals surface area (Å²) in [7, 11) is 1.57. The highest BCUT2D eigenvalue weighted by Crippen LogP contribution is 2.44. The first-order chi connectivity index (χ1) is 12.6. The minimum absolute atomic E-state index is 0.0472. The highest BCUT2D eigenvalue weighted by atomic mass is 16.3. The lowest BCUT2D eigenvalue weighted by Crippen LogP contribution is -2.52. The Morgan fingerprint density at radius 1 is 1.19 bits per heavy atom. The molecule has 7 heteroatoms. The Balaban J connectivity index is 2.38. The lowest BCUT2D eigenvalue weighted by Gasteiger charge is -2.33. The van der Waals surface area contributed by atoms with E-state index < -0.39 is 23.4 Å². The van der Waals surface area contributed by atoms with Crippen molar-refractivity contribution in [3.8, 4) is 0 Å². The van der Waals surface area contributed by atoms with Crippen molar-refractivity contribution in [1.29, 1.82) is 0 Å². The number of likely N-dealkylation sites (tertiary alicyclic amines) is 1. The first kappa shape index (κ1) is 21.4. The van der Waals surface area contributed by atoms with Crippen LogP contribution in [-0.2, 0) is 14.4 Å². The predicted molar refractivity (Wildman–Crippen MR) is 103 cm³/mol. The SMILES string of the molecule is CNC(=O)[C@H]1[C@H]2C(=O)N(CCCCO)[C@H](C(=O)NC(C)(C)C)[C@H]2C=C[C@H]1C. The highest BCUT2D eigenvalue weighted by molar-refractivity contribution is 5.96. The molecule has 0 spiro atoms. The second-order valence-corrected chi connectivity index (χ2v) is 8.63. The van der Waals surface area contributed by atoms with Gasteiger partial charge >= 0.3 is 0 Å². The molecule has 0 aromatic heterocycles. The summed E-state index contributed by atoms with van der Waals surface area (Å²) in [5.74, 6) is -1.91. The van der Waals surface area contributed by atoms with Crippen molar-refractivity contribution in [2.45, 2.75) is 52.1 Å². The van der Waals surface area contributed by atoms with Crippen molar-refractivity contribution in [3.05, 3.63) is 12.2 Å². The number of aliphatic hydroxyl groups is 1. The van der Waals surface area contributed by atoms with Crippen LogP contribution in [0.4, 0.5) is 0 Å². The van der Waals surface area contributed by atoms with E-state index in [1.54, 1.807) is 11.9 Å². The summed E-state index contributed by atoms with van der Waals surface area (Å²) in [5, 5.41) is 14.7. The van der Waals surface area contributed by atoms with E-state index >= 15 is 0 Å². The van der Waals surface area contributed by atoms with Crippen molar-refractivity contribution in [2.75, 3.05) is 20.2 Å². The Kier molecular flexibility index (Phi) is 6.68. The monoisotopic (exact) mass is 379 g/mol. The number of amides is 3. The van der Waals surface area contributed by atoms with Crippen LogP contribution in [0, 0.1) is 23.7 Å². The van der Waals surface area contributed by atoms with Gasteiger partial charge in [0.1, 0.15) is 6.04 Å². The fraction of sp³-hybridized carbons (Fsp3) is 0.750. The number of rotatable bonds is 6. The van der Waals surface area contributed by atoms with Gasteiger partial charge in [0.15, 0.2) is 0 Å². The second-order valence-electron chi connectivity index (χ2n) is 8.63. The fourth-order valence-corrected chi connectivity index (χ4v) is 4.24. The predicted octanol–water partition coefficient (Wildman–Crippen LogP) is 0.685. The highest BCUT2D eigenvalue weighted by Gasteiger charge is 2.56. The van der Waals surface area contributed by atoms with Crippen LogP contribution in [0.15, 0.2) is 12.2 Å². The van der Waals surface area contributed by atoms with E-state index in [0.29, 0.717) is 19.4 Å². The number of carbonyl (C=O) groups excluding carboxylic acids is 3. The van der Waals surface area contributed by atoms with Gasteiger partial charge < -0.3 is 20.6 Å². The number of nitrogens with one attached hydrogen (secondary N) is 2. The van der Waals surface area contributed by atoms with Crippen LogP contribution >= 0.6 is 0 Å². The number of aliphatic hydroxyl groups excluding tert-OH is 1. The van der Waals surface area contributed by atoms with Gasteiger partial charge in [0, 0.05) is 31.7 Å². The molecule has 5 atom stereocenters. The molecule has 1 saturated heterocycles. The first-order valence-corrected chi connectivity index (χ1v) is 9.75. The zero-order valence-electron chi connectivity index (χ0n) is 17.0. The molecular weight excluding hydrogens is 346 g/mol. The molecule has 1 fully saturated rings. The molecule has 1 aliphatic carbocycles. The van der Waals surface area contributed by atoms with E-state index in [1.807, 2.05) is 39.8 Å². The lowest BCUT2D eigenvalue weighted by molar-refractivity contribution is -0.140. The van der Waals surface area contributed by atoms with Gasteiger partial charge in [-0.05, 0) is 39.5 Å². The third-order valence-corrected chi connectivity index (χ3v) is 5.40. The van der Waals surface area contributed by atoms with Crippen molar-refractivity contribution < 1.29 is 19.5 Å². The first-order valence-electron chi connectivity index (χ1n) is 9.75. The number of hydrogen-bond acceptors (Lipinski definition) is 4. The lowest BCUT2D eigenvalue weighted by atomic mass is 9.70. The third kappa shape index (κ3) is 4.51. The molecule has 3 N–H and O–H groups in total. The van der Waals surface area contributed by atoms with Gasteiger partial charge in [-0.2, -0.15) is 0 Å². The molecule has 0 radical (unpaired) electrons. The summed E-state index contributed by atoms with van der Waals surface area (Å²) in [6.45, 7) is 8.09. The van der Waals surface area contributed by atoms with E-state index in [4.69, 9.17) is 5.11 Å². The molecule has 3 amide bonds. The molecule has 2 rings (SSSR count). The van der Waals surface area contributed by atoms with Crippen molar-refractivity contribution in [2.24, 2.45) is 23.7 Å². The van der Waals surface area contributed by atoms with Gasteiger partial charge in [0.05, 0.1) is 11.8 Å². The molecule has 7 nitrogen and oxygen atoms in total. The molecular formula is C20H33N3O4. The minimum atomic E-state index is -0.628. The van der Waals surface area contributed by atoms with Crippen LogP contribution in [0.2, 0.25) is 0 Å². The molecule has 1 heterocycles. The average molecular weight is 380 g/mol. The van der Waals surface area contributed by atoms with Gasteiger partial charge in [-0.25, -0.2) is 0 Å². The van der Waals surface area contributed by atoms with Gasteiger partial charge in [-0.3, -0.25) is 14.4 Å². The maximum absolute atomic E-state index is 13.3. The van der Waals surface area contributed by atoms with Crippen LogP contribution in [-0.4, -0.2) is 59.5 Å². The van der Waals surface area contributed by atoms with E-state index in [9.17, 15) is 14.4 Å². The molecule has 0 aromatic carbocycles. The van der Waals surface area contributed by atoms with Crippen LogP contribution in [0.3, 0.4) is 0 Å². The molecule has 27 heavy (non-hydrogen) atoms. The standard InChI is InChI=1S/C20H33N3O4/c1-12-8-9-13-15(14(12)17(25)21-5)19(27)23(10-6-7-11-24)16(13)18(26)22-20(2,3)4/h8-9,12-16,24H,6-7,10-11H2,1-5H3,(H,21,25)(H,22,26)/t12-,13+,14-,15+,16+/m1/s1. The molecule has 0 saturated carbocycles.